The number of hydrazine groups is 1. The first kappa shape index (κ1) is 23.3. The predicted octanol–water partition coefficient (Wildman–Crippen LogP) is 3.67. The topological polar surface area (TPSA) is 118 Å². The standard InChI is InChI=1S/C28H25N3O6/c1-2-22(25(32)15-6-4-3-5-7-15)29(26(33)16-8-10-17(11-9-16)31(36)37)30-27(34)23-18-12-13-19(21-14-20(18)21)24(23)28(30)35/h3-13,18-24H,2,14H2,1H3/t18-,19-,20-,21+,22+,23-,24+/m0/s1. The summed E-state index contributed by atoms with van der Waals surface area (Å²) in [7, 11) is 0. The Morgan fingerprint density at radius 2 is 1.51 bits per heavy atom. The third kappa shape index (κ3) is 3.44. The second-order valence-electron chi connectivity index (χ2n) is 10.3. The lowest BCUT2D eigenvalue weighted by atomic mass is 9.63. The van der Waals surface area contributed by atoms with Gasteiger partial charge in [0, 0.05) is 23.3 Å². The molecular weight excluding hydrogens is 474 g/mol. The first-order valence-electron chi connectivity index (χ1n) is 12.6. The first-order valence-corrected chi connectivity index (χ1v) is 12.6. The Balaban J connectivity index is 1.42. The third-order valence-corrected chi connectivity index (χ3v) is 8.43. The van der Waals surface area contributed by atoms with E-state index < -0.39 is 46.3 Å². The molecule has 2 aromatic carbocycles. The van der Waals surface area contributed by atoms with Crippen LogP contribution in [0.2, 0.25) is 0 Å². The molecule has 0 radical (unpaired) electrons. The van der Waals surface area contributed by atoms with E-state index in [1.54, 1.807) is 37.3 Å². The van der Waals surface area contributed by atoms with Crippen molar-refractivity contribution >= 4 is 29.2 Å². The van der Waals surface area contributed by atoms with Crippen molar-refractivity contribution in [2.75, 3.05) is 0 Å². The Morgan fingerprint density at radius 3 is 2.03 bits per heavy atom. The van der Waals surface area contributed by atoms with Gasteiger partial charge >= 0.3 is 0 Å². The summed E-state index contributed by atoms with van der Waals surface area (Å²) in [5, 5.41) is 13.1. The number of Topliss-reactive ketones (excluding diaryl/α,β-unsaturated/α-hetero) is 1. The molecule has 7 rings (SSSR count). The Labute approximate surface area is 212 Å². The quantitative estimate of drug-likeness (QED) is 0.189. The lowest BCUT2D eigenvalue weighted by Crippen LogP contribution is -2.57. The van der Waals surface area contributed by atoms with Crippen molar-refractivity contribution < 1.29 is 24.1 Å². The number of carbonyl (C=O) groups is 4. The highest BCUT2D eigenvalue weighted by Crippen LogP contribution is 2.65. The molecule has 9 nitrogen and oxygen atoms in total. The summed E-state index contributed by atoms with van der Waals surface area (Å²) in [5.41, 5.74) is 0.205. The molecule has 1 aliphatic heterocycles. The summed E-state index contributed by atoms with van der Waals surface area (Å²) in [6.45, 7) is 1.72. The maximum atomic E-state index is 13.9. The van der Waals surface area contributed by atoms with E-state index in [-0.39, 0.29) is 29.5 Å². The van der Waals surface area contributed by atoms with Crippen LogP contribution in [0.4, 0.5) is 5.69 Å². The highest BCUT2D eigenvalue weighted by atomic mass is 16.6. The maximum absolute atomic E-state index is 13.9. The number of nitro benzene ring substituents is 1. The van der Waals surface area contributed by atoms with Gasteiger partial charge in [0.1, 0.15) is 6.04 Å². The molecule has 37 heavy (non-hydrogen) atoms. The lowest BCUT2D eigenvalue weighted by molar-refractivity contribution is -0.384. The average molecular weight is 500 g/mol. The van der Waals surface area contributed by atoms with Gasteiger partial charge in [-0.05, 0) is 48.6 Å². The highest BCUT2D eigenvalue weighted by molar-refractivity contribution is 6.11. The predicted molar refractivity (Wildman–Crippen MR) is 131 cm³/mol. The zero-order valence-electron chi connectivity index (χ0n) is 20.1. The van der Waals surface area contributed by atoms with Crippen LogP contribution >= 0.6 is 0 Å². The zero-order valence-corrected chi connectivity index (χ0v) is 20.1. The molecule has 9 heteroatoms. The minimum Gasteiger partial charge on any atom is -0.292 e. The van der Waals surface area contributed by atoms with Gasteiger partial charge in [-0.15, -0.1) is 0 Å². The number of benzene rings is 2. The van der Waals surface area contributed by atoms with Crippen molar-refractivity contribution in [2.45, 2.75) is 25.8 Å². The van der Waals surface area contributed by atoms with Gasteiger partial charge in [-0.25, -0.2) is 5.01 Å². The van der Waals surface area contributed by atoms with E-state index >= 15 is 0 Å². The molecule has 7 atom stereocenters. The van der Waals surface area contributed by atoms with Crippen molar-refractivity contribution in [1.29, 1.82) is 0 Å². The average Bonchev–Trinajstić information content (AvgIpc) is 3.71. The van der Waals surface area contributed by atoms with E-state index in [2.05, 4.69) is 0 Å². The molecule has 188 valence electrons. The molecule has 2 saturated carbocycles. The number of hydrogen-bond acceptors (Lipinski definition) is 6. The van der Waals surface area contributed by atoms with Crippen LogP contribution in [0.1, 0.15) is 40.5 Å². The zero-order chi connectivity index (χ0) is 26.0. The first-order chi connectivity index (χ1) is 17.8. The van der Waals surface area contributed by atoms with Gasteiger partial charge < -0.3 is 0 Å². The minimum absolute atomic E-state index is 0.0392. The molecule has 1 heterocycles. The molecule has 0 unspecified atom stereocenters. The molecular formula is C28H25N3O6. The number of amides is 3. The number of rotatable bonds is 7. The monoisotopic (exact) mass is 499 g/mol. The highest BCUT2D eigenvalue weighted by Gasteiger charge is 2.68. The smallest absolute Gasteiger partial charge is 0.273 e. The molecule has 3 amide bonds. The fraction of sp³-hybridized carbons (Fsp3) is 0.357. The molecule has 0 aromatic heterocycles. The molecule has 0 N–H and O–H groups in total. The lowest BCUT2D eigenvalue weighted by Gasteiger charge is -2.37. The number of hydrogen-bond donors (Lipinski definition) is 0. The van der Waals surface area contributed by atoms with Crippen LogP contribution in [0.5, 0.6) is 0 Å². The normalized spacial score (nSPS) is 29.5. The molecule has 2 aromatic rings. The second kappa shape index (κ2) is 8.47. The third-order valence-electron chi connectivity index (χ3n) is 8.43. The van der Waals surface area contributed by atoms with Gasteiger partial charge in [0.2, 0.25) is 0 Å². The van der Waals surface area contributed by atoms with Crippen LogP contribution in [0, 0.1) is 45.6 Å². The van der Waals surface area contributed by atoms with Gasteiger partial charge in [0.25, 0.3) is 23.4 Å². The number of nitrogens with zero attached hydrogens (tertiary/aromatic N) is 3. The number of ketones is 1. The van der Waals surface area contributed by atoms with Gasteiger partial charge in [0.15, 0.2) is 5.78 Å². The van der Waals surface area contributed by atoms with Crippen molar-refractivity contribution in [1.82, 2.24) is 10.0 Å². The summed E-state index contributed by atoms with van der Waals surface area (Å²) in [4.78, 5) is 65.9. The van der Waals surface area contributed by atoms with Crippen LogP contribution in [0.15, 0.2) is 66.7 Å². The summed E-state index contributed by atoms with van der Waals surface area (Å²) in [6, 6.07) is 12.3. The summed E-state index contributed by atoms with van der Waals surface area (Å²) in [6.07, 6.45) is 5.26. The Kier molecular flexibility index (Phi) is 5.33. The van der Waals surface area contributed by atoms with Crippen LogP contribution in [0.25, 0.3) is 0 Å². The van der Waals surface area contributed by atoms with Crippen molar-refractivity contribution in [3.8, 4) is 0 Å². The molecule has 3 fully saturated rings. The SMILES string of the molecule is CC[C@H](C(=O)c1ccccc1)N(C(=O)c1ccc([N+](=O)[O-])cc1)N1C(=O)[C@@H]2[C@H]3C=C[C@@H]([C@@H]4C[C@H]34)[C@@H]2C1=O. The fourth-order valence-electron chi connectivity index (χ4n) is 6.65. The van der Waals surface area contributed by atoms with Gasteiger partial charge in [-0.1, -0.05) is 49.4 Å². The maximum Gasteiger partial charge on any atom is 0.273 e. The molecule has 0 spiro atoms. The number of nitro groups is 1. The van der Waals surface area contributed by atoms with Crippen molar-refractivity contribution in [3.63, 3.8) is 0 Å². The summed E-state index contributed by atoms with van der Waals surface area (Å²) >= 11 is 0. The van der Waals surface area contributed by atoms with E-state index in [4.69, 9.17) is 0 Å². The van der Waals surface area contributed by atoms with Gasteiger partial charge in [-0.3, -0.25) is 29.3 Å². The molecule has 5 aliphatic rings. The Bertz CT molecular complexity index is 1320. The van der Waals surface area contributed by atoms with Gasteiger partial charge in [-0.2, -0.15) is 5.01 Å². The van der Waals surface area contributed by atoms with E-state index in [1.165, 1.54) is 24.3 Å². The number of allylic oxidation sites excluding steroid dienone is 2. The minimum atomic E-state index is -1.11. The van der Waals surface area contributed by atoms with E-state index in [0.29, 0.717) is 17.4 Å². The molecule has 2 bridgehead atoms. The van der Waals surface area contributed by atoms with E-state index in [9.17, 15) is 29.3 Å². The number of imide groups is 1. The number of carbonyl (C=O) groups excluding carboxylic acids is 4. The van der Waals surface area contributed by atoms with Crippen LogP contribution in [-0.2, 0) is 9.59 Å². The van der Waals surface area contributed by atoms with E-state index in [1.807, 2.05) is 12.2 Å². The Hall–Kier alpha value is -4.14. The van der Waals surface area contributed by atoms with Crippen molar-refractivity contribution in [3.05, 3.63) is 88.0 Å². The molecule has 1 saturated heterocycles. The summed E-state index contributed by atoms with van der Waals surface area (Å²) in [5.74, 6) is -2.39. The summed E-state index contributed by atoms with van der Waals surface area (Å²) < 4.78 is 0. The van der Waals surface area contributed by atoms with Crippen LogP contribution < -0.4 is 0 Å². The van der Waals surface area contributed by atoms with Crippen LogP contribution in [0.3, 0.4) is 0 Å². The fourth-order valence-corrected chi connectivity index (χ4v) is 6.65. The number of non-ortho nitro benzene ring substituents is 1. The van der Waals surface area contributed by atoms with Crippen molar-refractivity contribution in [2.24, 2.45) is 35.5 Å². The van der Waals surface area contributed by atoms with Gasteiger partial charge in [0.05, 0.1) is 16.8 Å². The van der Waals surface area contributed by atoms with E-state index in [0.717, 1.165) is 16.4 Å². The van der Waals surface area contributed by atoms with Crippen LogP contribution in [-0.4, -0.2) is 44.5 Å². The second-order valence-corrected chi connectivity index (χ2v) is 10.3. The Morgan fingerprint density at radius 1 is 0.946 bits per heavy atom. The largest absolute Gasteiger partial charge is 0.292 e. The molecule has 4 aliphatic carbocycles.